The van der Waals surface area contributed by atoms with E-state index in [-0.39, 0.29) is 16.5 Å². The molecule has 0 aromatic heterocycles. The van der Waals surface area contributed by atoms with Crippen molar-refractivity contribution in [2.24, 2.45) is 0 Å². The summed E-state index contributed by atoms with van der Waals surface area (Å²) in [5.41, 5.74) is 5.14. The summed E-state index contributed by atoms with van der Waals surface area (Å²) >= 11 is 0. The van der Waals surface area contributed by atoms with E-state index in [1.54, 1.807) is 18.2 Å². The van der Waals surface area contributed by atoms with Crippen molar-refractivity contribution in [1.82, 2.24) is 0 Å². The van der Waals surface area contributed by atoms with Crippen LogP contribution in [0.25, 0.3) is 33.0 Å². The van der Waals surface area contributed by atoms with E-state index in [9.17, 15) is 0 Å². The van der Waals surface area contributed by atoms with Gasteiger partial charge in [-0.2, -0.15) is 0 Å². The van der Waals surface area contributed by atoms with E-state index < -0.39 is 17.5 Å². The summed E-state index contributed by atoms with van der Waals surface area (Å²) in [6.45, 7) is 6.30. The molecule has 4 rings (SSSR count). The van der Waals surface area contributed by atoms with Crippen LogP contribution in [0.15, 0.2) is 60.7 Å². The van der Waals surface area contributed by atoms with Gasteiger partial charge in [0.1, 0.15) is 5.82 Å². The number of rotatable bonds is 9. The smallest absolute Gasteiger partial charge is 0.170 e. The Hall–Kier alpha value is -3.07. The molecule has 0 fully saturated rings. The first-order chi connectivity index (χ1) is 17.0. The Kier molecular flexibility index (Phi) is 7.95. The van der Waals surface area contributed by atoms with Gasteiger partial charge in [0.25, 0.3) is 0 Å². The van der Waals surface area contributed by atoms with Gasteiger partial charge in [0.05, 0.1) is 5.39 Å². The lowest BCUT2D eigenvalue weighted by Crippen LogP contribution is -1.99. The quantitative estimate of drug-likeness (QED) is 0.226. The second-order valence-electron chi connectivity index (χ2n) is 9.33. The molecule has 0 saturated carbocycles. The highest BCUT2D eigenvalue weighted by molar-refractivity contribution is 5.92. The molecular weight excluding hydrogens is 441 g/mol. The van der Waals surface area contributed by atoms with Crippen molar-refractivity contribution < 1.29 is 13.2 Å². The topological polar surface area (TPSA) is 0 Å². The van der Waals surface area contributed by atoms with Gasteiger partial charge in [-0.15, -0.1) is 0 Å². The standard InChI is InChI=1S/C32H33F3/c1-4-7-9-21-11-14-24(15-12-21)27-18-16-25-20-28(31(34)32(35)29(25)30(27)33)26-17-13-22(10-8-5-2)19-23(26)6-3/h11-20H,4-10H2,1-3H3. The third kappa shape index (κ3) is 5.15. The fourth-order valence-corrected chi connectivity index (χ4v) is 4.77. The number of hydrogen-bond donors (Lipinski definition) is 0. The molecule has 0 atom stereocenters. The summed E-state index contributed by atoms with van der Waals surface area (Å²) in [6.07, 6.45) is 7.03. The Labute approximate surface area is 206 Å². The van der Waals surface area contributed by atoms with Crippen LogP contribution in [0, 0.1) is 17.5 Å². The average molecular weight is 475 g/mol. The molecule has 0 aliphatic rings. The zero-order valence-electron chi connectivity index (χ0n) is 20.9. The highest BCUT2D eigenvalue weighted by Crippen LogP contribution is 2.37. The monoisotopic (exact) mass is 474 g/mol. The maximum atomic E-state index is 15.5. The van der Waals surface area contributed by atoms with E-state index in [0.717, 1.165) is 44.1 Å². The fourth-order valence-electron chi connectivity index (χ4n) is 4.77. The molecule has 4 aromatic carbocycles. The van der Waals surface area contributed by atoms with Gasteiger partial charge in [0.2, 0.25) is 0 Å². The summed E-state index contributed by atoms with van der Waals surface area (Å²) in [7, 11) is 0. The molecule has 0 radical (unpaired) electrons. The van der Waals surface area contributed by atoms with Crippen LogP contribution < -0.4 is 0 Å². The molecule has 0 unspecified atom stereocenters. The molecule has 3 heteroatoms. The van der Waals surface area contributed by atoms with E-state index in [2.05, 4.69) is 19.9 Å². The lowest BCUT2D eigenvalue weighted by atomic mass is 9.91. The zero-order valence-corrected chi connectivity index (χ0v) is 20.9. The molecule has 0 spiro atoms. The zero-order chi connectivity index (χ0) is 24.9. The number of aryl methyl sites for hydroxylation is 3. The SMILES string of the molecule is CCCCc1ccc(-c2ccc3cc(-c4ccc(CCCC)cc4CC)c(F)c(F)c3c2F)cc1. The molecule has 0 N–H and O–H groups in total. The minimum Gasteiger partial charge on any atom is -0.206 e. The second-order valence-corrected chi connectivity index (χ2v) is 9.33. The largest absolute Gasteiger partial charge is 0.206 e. The van der Waals surface area contributed by atoms with E-state index in [0.29, 0.717) is 22.9 Å². The van der Waals surface area contributed by atoms with Gasteiger partial charge in [-0.25, -0.2) is 13.2 Å². The number of unbranched alkanes of at least 4 members (excludes halogenated alkanes) is 2. The van der Waals surface area contributed by atoms with Crippen molar-refractivity contribution in [1.29, 1.82) is 0 Å². The second kappa shape index (κ2) is 11.1. The van der Waals surface area contributed by atoms with Gasteiger partial charge in [-0.1, -0.05) is 88.2 Å². The molecule has 0 nitrogen and oxygen atoms in total. The minimum absolute atomic E-state index is 0.182. The van der Waals surface area contributed by atoms with Gasteiger partial charge in [-0.3, -0.25) is 0 Å². The van der Waals surface area contributed by atoms with Gasteiger partial charge >= 0.3 is 0 Å². The number of fused-ring (bicyclic) bond motifs is 1. The lowest BCUT2D eigenvalue weighted by molar-refractivity contribution is 0.514. The van der Waals surface area contributed by atoms with Crippen molar-refractivity contribution in [3.63, 3.8) is 0 Å². The molecule has 0 bridgehead atoms. The molecule has 0 heterocycles. The predicted molar refractivity (Wildman–Crippen MR) is 141 cm³/mol. The van der Waals surface area contributed by atoms with Crippen molar-refractivity contribution in [2.75, 3.05) is 0 Å². The maximum Gasteiger partial charge on any atom is 0.170 e. The summed E-state index contributed by atoms with van der Waals surface area (Å²) in [6, 6.07) is 18.5. The Morgan fingerprint density at radius 1 is 0.571 bits per heavy atom. The summed E-state index contributed by atoms with van der Waals surface area (Å²) in [5, 5.41) is 0.0632. The van der Waals surface area contributed by atoms with Gasteiger partial charge in [-0.05, 0) is 71.4 Å². The van der Waals surface area contributed by atoms with Crippen LogP contribution in [0.5, 0.6) is 0 Å². The number of benzene rings is 4. The molecule has 0 aliphatic carbocycles. The molecular formula is C32H33F3. The van der Waals surface area contributed by atoms with E-state index in [4.69, 9.17) is 0 Å². The van der Waals surface area contributed by atoms with Crippen molar-refractivity contribution in [2.45, 2.75) is 65.7 Å². The molecule has 4 aromatic rings. The summed E-state index contributed by atoms with van der Waals surface area (Å²) in [4.78, 5) is 0. The minimum atomic E-state index is -1.13. The third-order valence-corrected chi connectivity index (χ3v) is 6.87. The van der Waals surface area contributed by atoms with Crippen LogP contribution in [0.1, 0.15) is 63.1 Å². The number of hydrogen-bond acceptors (Lipinski definition) is 0. The summed E-state index contributed by atoms with van der Waals surface area (Å²) < 4.78 is 46.3. The van der Waals surface area contributed by atoms with E-state index >= 15 is 13.2 Å². The molecule has 0 aliphatic heterocycles. The average Bonchev–Trinajstić information content (AvgIpc) is 2.88. The Morgan fingerprint density at radius 3 is 1.86 bits per heavy atom. The summed E-state index contributed by atoms with van der Waals surface area (Å²) in [5.74, 6) is -2.86. The Bertz CT molecular complexity index is 1320. The van der Waals surface area contributed by atoms with E-state index in [1.807, 2.05) is 43.3 Å². The highest BCUT2D eigenvalue weighted by Gasteiger charge is 2.21. The first-order valence-electron chi connectivity index (χ1n) is 12.8. The maximum absolute atomic E-state index is 15.5. The van der Waals surface area contributed by atoms with Gasteiger partial charge < -0.3 is 0 Å². The predicted octanol–water partition coefficient (Wildman–Crippen LogP) is 9.84. The van der Waals surface area contributed by atoms with E-state index in [1.165, 1.54) is 11.1 Å². The first kappa shape index (κ1) is 25.0. The van der Waals surface area contributed by atoms with Crippen LogP contribution in [0.4, 0.5) is 13.2 Å². The van der Waals surface area contributed by atoms with Crippen molar-refractivity contribution in [3.05, 3.63) is 94.8 Å². The highest BCUT2D eigenvalue weighted by atomic mass is 19.2. The van der Waals surface area contributed by atoms with Crippen LogP contribution in [0.3, 0.4) is 0 Å². The fraction of sp³-hybridized carbons (Fsp3) is 0.312. The van der Waals surface area contributed by atoms with Crippen LogP contribution in [0.2, 0.25) is 0 Å². The normalized spacial score (nSPS) is 11.4. The third-order valence-electron chi connectivity index (χ3n) is 6.87. The molecule has 0 saturated heterocycles. The van der Waals surface area contributed by atoms with Crippen LogP contribution >= 0.6 is 0 Å². The van der Waals surface area contributed by atoms with Crippen molar-refractivity contribution >= 4 is 10.8 Å². The Balaban J connectivity index is 1.77. The van der Waals surface area contributed by atoms with Gasteiger partial charge in [0.15, 0.2) is 11.6 Å². The Morgan fingerprint density at radius 2 is 1.20 bits per heavy atom. The van der Waals surface area contributed by atoms with Crippen LogP contribution in [-0.4, -0.2) is 0 Å². The lowest BCUT2D eigenvalue weighted by Gasteiger charge is -2.15. The van der Waals surface area contributed by atoms with Gasteiger partial charge in [0, 0.05) is 11.1 Å². The molecule has 182 valence electrons. The van der Waals surface area contributed by atoms with Crippen molar-refractivity contribution in [3.8, 4) is 22.3 Å². The molecule has 35 heavy (non-hydrogen) atoms. The number of halogens is 3. The van der Waals surface area contributed by atoms with Crippen LogP contribution in [-0.2, 0) is 19.3 Å². The molecule has 0 amide bonds. The first-order valence-corrected chi connectivity index (χ1v) is 12.8.